The molecule has 0 fully saturated rings. The monoisotopic (exact) mass is 224 g/mol. The summed E-state index contributed by atoms with van der Waals surface area (Å²) in [5.41, 5.74) is 0. The van der Waals surface area contributed by atoms with Gasteiger partial charge in [-0.1, -0.05) is 70.4 Å². The first-order chi connectivity index (χ1) is 7.91. The van der Waals surface area contributed by atoms with E-state index in [4.69, 9.17) is 5.11 Å². The zero-order valence-corrected chi connectivity index (χ0v) is 10.8. The first-order valence-corrected chi connectivity index (χ1v) is 6.87. The average molecular weight is 224 g/mol. The van der Waals surface area contributed by atoms with Gasteiger partial charge in [-0.15, -0.1) is 0 Å². The summed E-state index contributed by atoms with van der Waals surface area (Å²) in [6.45, 7) is 2.26. The Morgan fingerprint density at radius 3 is 1.88 bits per heavy atom. The maximum absolute atomic E-state index is 8.40. The van der Waals surface area contributed by atoms with Crippen molar-refractivity contribution in [1.29, 1.82) is 0 Å². The molecule has 0 saturated heterocycles. The number of aliphatic hydroxyl groups excluding tert-OH is 1. The van der Waals surface area contributed by atoms with E-state index in [9.17, 15) is 0 Å². The largest absolute Gasteiger partial charge is 0.516 e. The number of hydrogen-bond acceptors (Lipinski definition) is 1. The predicted molar refractivity (Wildman–Crippen MR) is 72.8 cm³/mol. The van der Waals surface area contributed by atoms with E-state index in [-0.39, 0.29) is 0 Å². The van der Waals surface area contributed by atoms with Crippen LogP contribution in [-0.2, 0) is 0 Å². The van der Waals surface area contributed by atoms with E-state index < -0.39 is 0 Å². The Bertz CT molecular complexity index is 170. The molecule has 16 heavy (non-hydrogen) atoms. The summed E-state index contributed by atoms with van der Waals surface area (Å²) >= 11 is 0. The molecule has 0 aliphatic heterocycles. The van der Waals surface area contributed by atoms with E-state index in [2.05, 4.69) is 13.0 Å². The molecule has 0 unspecified atom stereocenters. The number of unbranched alkanes of at least 4 members (excludes halogenated alkanes) is 9. The fourth-order valence-corrected chi connectivity index (χ4v) is 1.80. The van der Waals surface area contributed by atoms with Crippen molar-refractivity contribution in [2.45, 2.75) is 71.1 Å². The number of rotatable bonds is 11. The van der Waals surface area contributed by atoms with Gasteiger partial charge in [-0.05, 0) is 18.9 Å². The Morgan fingerprint density at radius 1 is 0.750 bits per heavy atom. The van der Waals surface area contributed by atoms with E-state index in [0.717, 1.165) is 12.7 Å². The molecule has 0 bridgehead atoms. The van der Waals surface area contributed by atoms with Gasteiger partial charge in [0.2, 0.25) is 0 Å². The van der Waals surface area contributed by atoms with Crippen LogP contribution in [0.5, 0.6) is 0 Å². The van der Waals surface area contributed by atoms with Crippen LogP contribution in [0, 0.1) is 0 Å². The standard InChI is InChI=1S/C15H28O/c1-2-3-4-5-6-7-8-9-10-11-12-13-14-15-16/h12-16H,2-11H2,1H3/b13-12-,15-14-. The van der Waals surface area contributed by atoms with E-state index in [1.165, 1.54) is 57.8 Å². The summed E-state index contributed by atoms with van der Waals surface area (Å²) in [6.07, 6.45) is 20.3. The molecule has 0 aliphatic rings. The lowest BCUT2D eigenvalue weighted by Crippen LogP contribution is -1.80. The van der Waals surface area contributed by atoms with Gasteiger partial charge >= 0.3 is 0 Å². The van der Waals surface area contributed by atoms with Crippen LogP contribution in [0.3, 0.4) is 0 Å². The van der Waals surface area contributed by atoms with Gasteiger partial charge in [-0.2, -0.15) is 0 Å². The highest BCUT2D eigenvalue weighted by Crippen LogP contribution is 2.10. The maximum atomic E-state index is 8.40. The molecule has 0 aromatic heterocycles. The Kier molecular flexibility index (Phi) is 13.6. The summed E-state index contributed by atoms with van der Waals surface area (Å²) in [4.78, 5) is 0. The van der Waals surface area contributed by atoms with Crippen molar-refractivity contribution in [3.05, 3.63) is 24.5 Å². The van der Waals surface area contributed by atoms with Crippen LogP contribution in [0.15, 0.2) is 24.5 Å². The van der Waals surface area contributed by atoms with Gasteiger partial charge in [-0.25, -0.2) is 0 Å². The van der Waals surface area contributed by atoms with Crippen LogP contribution in [-0.4, -0.2) is 5.11 Å². The summed E-state index contributed by atoms with van der Waals surface area (Å²) in [5.74, 6) is 0. The van der Waals surface area contributed by atoms with Crippen molar-refractivity contribution in [2.75, 3.05) is 0 Å². The highest BCUT2D eigenvalue weighted by molar-refractivity contribution is 4.98. The molecule has 0 radical (unpaired) electrons. The molecule has 0 aromatic carbocycles. The van der Waals surface area contributed by atoms with Crippen molar-refractivity contribution in [3.8, 4) is 0 Å². The Morgan fingerprint density at radius 2 is 1.31 bits per heavy atom. The summed E-state index contributed by atoms with van der Waals surface area (Å²) in [6, 6.07) is 0. The molecule has 1 N–H and O–H groups in total. The molecule has 0 heterocycles. The highest BCUT2D eigenvalue weighted by atomic mass is 16.2. The smallest absolute Gasteiger partial charge is 0.0791 e. The quantitative estimate of drug-likeness (QED) is 0.278. The molecule has 0 aromatic rings. The lowest BCUT2D eigenvalue weighted by molar-refractivity contribution is 0.473. The lowest BCUT2D eigenvalue weighted by atomic mass is 10.1. The first kappa shape index (κ1) is 15.3. The minimum atomic E-state index is 1.08. The van der Waals surface area contributed by atoms with E-state index in [0.29, 0.717) is 0 Å². The fraction of sp³-hybridized carbons (Fsp3) is 0.733. The molecule has 0 aliphatic carbocycles. The van der Waals surface area contributed by atoms with Crippen molar-refractivity contribution >= 4 is 0 Å². The molecular formula is C15H28O. The third kappa shape index (κ3) is 13.3. The van der Waals surface area contributed by atoms with Crippen LogP contribution in [0.2, 0.25) is 0 Å². The normalized spacial score (nSPS) is 11.8. The second kappa shape index (κ2) is 14.3. The van der Waals surface area contributed by atoms with Crippen LogP contribution in [0.4, 0.5) is 0 Å². The molecule has 0 saturated carbocycles. The van der Waals surface area contributed by atoms with Crippen molar-refractivity contribution in [1.82, 2.24) is 0 Å². The maximum Gasteiger partial charge on any atom is 0.0791 e. The topological polar surface area (TPSA) is 20.2 Å². The third-order valence-corrected chi connectivity index (χ3v) is 2.81. The van der Waals surface area contributed by atoms with Crippen LogP contribution < -0.4 is 0 Å². The fourth-order valence-electron chi connectivity index (χ4n) is 1.80. The minimum absolute atomic E-state index is 1.08. The zero-order chi connectivity index (χ0) is 11.9. The van der Waals surface area contributed by atoms with Gasteiger partial charge in [0.15, 0.2) is 0 Å². The van der Waals surface area contributed by atoms with E-state index >= 15 is 0 Å². The average Bonchev–Trinajstić information content (AvgIpc) is 2.31. The summed E-state index contributed by atoms with van der Waals surface area (Å²) < 4.78 is 0. The second-order valence-electron chi connectivity index (χ2n) is 4.39. The lowest BCUT2D eigenvalue weighted by Gasteiger charge is -2.00. The van der Waals surface area contributed by atoms with Gasteiger partial charge < -0.3 is 5.11 Å². The zero-order valence-electron chi connectivity index (χ0n) is 10.8. The summed E-state index contributed by atoms with van der Waals surface area (Å²) in [7, 11) is 0. The minimum Gasteiger partial charge on any atom is -0.516 e. The van der Waals surface area contributed by atoms with Gasteiger partial charge in [-0.3, -0.25) is 0 Å². The van der Waals surface area contributed by atoms with Crippen LogP contribution in [0.25, 0.3) is 0 Å². The van der Waals surface area contributed by atoms with Crippen molar-refractivity contribution in [3.63, 3.8) is 0 Å². The Labute approximate surface area is 101 Å². The molecule has 1 heteroatoms. The molecule has 0 amide bonds. The number of hydrogen-bond donors (Lipinski definition) is 1. The van der Waals surface area contributed by atoms with Gasteiger partial charge in [0.25, 0.3) is 0 Å². The molecule has 0 rings (SSSR count). The Balaban J connectivity index is 2.98. The van der Waals surface area contributed by atoms with Crippen molar-refractivity contribution in [2.24, 2.45) is 0 Å². The second-order valence-corrected chi connectivity index (χ2v) is 4.39. The SMILES string of the molecule is CCCCCCCCCCC/C=C\C=C/O. The highest BCUT2D eigenvalue weighted by Gasteiger charge is 1.90. The van der Waals surface area contributed by atoms with Crippen LogP contribution >= 0.6 is 0 Å². The van der Waals surface area contributed by atoms with Gasteiger partial charge in [0.05, 0.1) is 6.26 Å². The molecule has 0 atom stereocenters. The first-order valence-electron chi connectivity index (χ1n) is 6.87. The van der Waals surface area contributed by atoms with Crippen LogP contribution in [0.1, 0.15) is 71.1 Å². The van der Waals surface area contributed by atoms with Gasteiger partial charge in [0, 0.05) is 0 Å². The molecule has 1 nitrogen and oxygen atoms in total. The van der Waals surface area contributed by atoms with E-state index in [1.54, 1.807) is 6.08 Å². The summed E-state index contributed by atoms with van der Waals surface area (Å²) in [5, 5.41) is 8.40. The van der Waals surface area contributed by atoms with Gasteiger partial charge in [0.1, 0.15) is 0 Å². The predicted octanol–water partition coefficient (Wildman–Crippen LogP) is 5.54. The number of aliphatic hydroxyl groups is 1. The molecule has 0 spiro atoms. The Hall–Kier alpha value is -0.720. The third-order valence-electron chi connectivity index (χ3n) is 2.81. The molecular weight excluding hydrogens is 196 g/mol. The van der Waals surface area contributed by atoms with Crippen molar-refractivity contribution < 1.29 is 5.11 Å². The molecule has 94 valence electrons. The number of allylic oxidation sites excluding steroid dienone is 3. The van der Waals surface area contributed by atoms with E-state index in [1.807, 2.05) is 6.08 Å².